The predicted octanol–water partition coefficient (Wildman–Crippen LogP) is 1.93. The van der Waals surface area contributed by atoms with Gasteiger partial charge < -0.3 is 9.26 Å². The Balaban J connectivity index is 1.88. The van der Waals surface area contributed by atoms with Crippen LogP contribution in [0.15, 0.2) is 35.0 Å². The highest BCUT2D eigenvalue weighted by molar-refractivity contribution is 5.59. The number of nitrogens with one attached hydrogen (secondary N) is 1. The van der Waals surface area contributed by atoms with Crippen molar-refractivity contribution in [1.29, 1.82) is 5.26 Å². The van der Waals surface area contributed by atoms with Gasteiger partial charge in [0.1, 0.15) is 17.5 Å². The maximum atomic E-state index is 8.95. The number of H-pyrrole nitrogens is 1. The van der Waals surface area contributed by atoms with Crippen LogP contribution in [0.1, 0.15) is 17.1 Å². The summed E-state index contributed by atoms with van der Waals surface area (Å²) in [6.45, 7) is 0. The first-order valence-corrected chi connectivity index (χ1v) is 6.20. The Bertz CT molecular complexity index is 800. The summed E-state index contributed by atoms with van der Waals surface area (Å²) in [6, 6.07) is 9.62. The summed E-state index contributed by atoms with van der Waals surface area (Å²) in [6.07, 6.45) is 1.96. The van der Waals surface area contributed by atoms with Crippen LogP contribution in [0, 0.1) is 11.3 Å². The number of hydrogen-bond acceptors (Lipinski definition) is 6. The maximum absolute atomic E-state index is 8.95. The van der Waals surface area contributed by atoms with E-state index in [4.69, 9.17) is 14.5 Å². The van der Waals surface area contributed by atoms with Crippen LogP contribution in [0.3, 0.4) is 0 Å². The molecule has 0 amide bonds. The van der Waals surface area contributed by atoms with E-state index in [1.165, 1.54) is 6.20 Å². The van der Waals surface area contributed by atoms with Crippen LogP contribution in [-0.4, -0.2) is 27.4 Å². The molecule has 7 heteroatoms. The highest BCUT2D eigenvalue weighted by Gasteiger charge is 2.15. The number of aromatic nitrogens is 4. The van der Waals surface area contributed by atoms with Crippen molar-refractivity contribution >= 4 is 0 Å². The number of nitrogens with zero attached hydrogens (tertiary/aromatic N) is 4. The summed E-state index contributed by atoms with van der Waals surface area (Å²) in [7, 11) is 1.62. The second-order valence-electron chi connectivity index (χ2n) is 4.27. The standard InChI is InChI=1S/C14H11N5O2/c1-20-12-5-3-2-4-9(12)6-13-17-14(21-19-13)10-8-16-18-11(10)7-15/h2-5,8H,6H2,1H3,(H,16,18). The largest absolute Gasteiger partial charge is 0.496 e. The first-order valence-electron chi connectivity index (χ1n) is 6.20. The number of ether oxygens (including phenoxy) is 1. The van der Waals surface area contributed by atoms with Gasteiger partial charge in [0, 0.05) is 12.0 Å². The quantitative estimate of drug-likeness (QED) is 0.784. The van der Waals surface area contributed by atoms with Crippen molar-refractivity contribution in [2.24, 2.45) is 0 Å². The Labute approximate surface area is 120 Å². The van der Waals surface area contributed by atoms with Crippen molar-refractivity contribution in [1.82, 2.24) is 20.3 Å². The molecule has 0 aliphatic rings. The molecule has 7 nitrogen and oxygen atoms in total. The van der Waals surface area contributed by atoms with Crippen molar-refractivity contribution in [3.8, 4) is 23.3 Å². The minimum atomic E-state index is 0.269. The Morgan fingerprint density at radius 1 is 1.38 bits per heavy atom. The van der Waals surface area contributed by atoms with E-state index in [9.17, 15) is 0 Å². The number of nitriles is 1. The number of benzene rings is 1. The van der Waals surface area contributed by atoms with E-state index in [0.29, 0.717) is 23.5 Å². The van der Waals surface area contributed by atoms with Crippen LogP contribution in [0.4, 0.5) is 0 Å². The van der Waals surface area contributed by atoms with Crippen LogP contribution >= 0.6 is 0 Å². The minimum absolute atomic E-state index is 0.269. The summed E-state index contributed by atoms with van der Waals surface area (Å²) in [5.41, 5.74) is 1.75. The molecular weight excluding hydrogens is 270 g/mol. The lowest BCUT2D eigenvalue weighted by Crippen LogP contribution is -1.95. The van der Waals surface area contributed by atoms with E-state index in [-0.39, 0.29) is 5.89 Å². The molecule has 0 bridgehead atoms. The molecular formula is C14H11N5O2. The van der Waals surface area contributed by atoms with Crippen LogP contribution in [0.25, 0.3) is 11.5 Å². The van der Waals surface area contributed by atoms with Crippen LogP contribution in [0.5, 0.6) is 5.75 Å². The van der Waals surface area contributed by atoms with Crippen molar-refractivity contribution in [3.63, 3.8) is 0 Å². The summed E-state index contributed by atoms with van der Waals surface area (Å²) in [5, 5.41) is 19.2. The highest BCUT2D eigenvalue weighted by atomic mass is 16.5. The van der Waals surface area contributed by atoms with Gasteiger partial charge in [-0.3, -0.25) is 5.10 Å². The van der Waals surface area contributed by atoms with Gasteiger partial charge in [0.25, 0.3) is 5.89 Å². The van der Waals surface area contributed by atoms with Gasteiger partial charge in [-0.2, -0.15) is 15.3 Å². The lowest BCUT2D eigenvalue weighted by Gasteiger charge is -2.04. The number of para-hydroxylation sites is 1. The molecule has 0 radical (unpaired) electrons. The summed E-state index contributed by atoms with van der Waals surface area (Å²) in [5.74, 6) is 1.55. The summed E-state index contributed by atoms with van der Waals surface area (Å²) < 4.78 is 10.5. The Hall–Kier alpha value is -3.14. The fraction of sp³-hybridized carbons (Fsp3) is 0.143. The first-order chi connectivity index (χ1) is 10.3. The molecule has 0 saturated carbocycles. The number of hydrogen-bond donors (Lipinski definition) is 1. The molecule has 2 heterocycles. The molecule has 21 heavy (non-hydrogen) atoms. The third kappa shape index (κ3) is 2.47. The highest BCUT2D eigenvalue weighted by Crippen LogP contribution is 2.23. The fourth-order valence-corrected chi connectivity index (χ4v) is 1.99. The molecule has 3 aromatic rings. The van der Waals surface area contributed by atoms with Gasteiger partial charge in [0.2, 0.25) is 0 Å². The Kier molecular flexibility index (Phi) is 3.35. The van der Waals surface area contributed by atoms with Gasteiger partial charge in [0.05, 0.1) is 18.9 Å². The topological polar surface area (TPSA) is 101 Å². The molecule has 0 fully saturated rings. The molecule has 1 N–H and O–H groups in total. The smallest absolute Gasteiger partial charge is 0.262 e. The molecule has 3 rings (SSSR count). The zero-order valence-electron chi connectivity index (χ0n) is 11.2. The monoisotopic (exact) mass is 281 g/mol. The van der Waals surface area contributed by atoms with Gasteiger partial charge in [-0.25, -0.2) is 0 Å². The van der Waals surface area contributed by atoms with E-state index in [2.05, 4.69) is 20.3 Å². The van der Waals surface area contributed by atoms with Crippen molar-refractivity contribution in [2.45, 2.75) is 6.42 Å². The van der Waals surface area contributed by atoms with E-state index < -0.39 is 0 Å². The molecule has 104 valence electrons. The number of methoxy groups -OCH3 is 1. The van der Waals surface area contributed by atoms with Gasteiger partial charge in [-0.15, -0.1) is 0 Å². The Morgan fingerprint density at radius 3 is 3.05 bits per heavy atom. The second-order valence-corrected chi connectivity index (χ2v) is 4.27. The van der Waals surface area contributed by atoms with Crippen LogP contribution < -0.4 is 4.74 Å². The van der Waals surface area contributed by atoms with E-state index in [1.54, 1.807) is 7.11 Å². The molecule has 2 aromatic heterocycles. The van der Waals surface area contributed by atoms with Gasteiger partial charge in [-0.05, 0) is 6.07 Å². The first kappa shape index (κ1) is 12.9. The minimum Gasteiger partial charge on any atom is -0.496 e. The van der Waals surface area contributed by atoms with E-state index in [1.807, 2.05) is 30.3 Å². The second kappa shape index (κ2) is 5.46. The zero-order valence-corrected chi connectivity index (χ0v) is 11.2. The van der Waals surface area contributed by atoms with Gasteiger partial charge in [-0.1, -0.05) is 23.4 Å². The fourth-order valence-electron chi connectivity index (χ4n) is 1.99. The average molecular weight is 281 g/mol. The molecule has 0 spiro atoms. The maximum Gasteiger partial charge on any atom is 0.262 e. The molecule has 0 saturated heterocycles. The lowest BCUT2D eigenvalue weighted by atomic mass is 10.1. The van der Waals surface area contributed by atoms with Crippen molar-refractivity contribution in [3.05, 3.63) is 47.5 Å². The molecule has 0 aliphatic heterocycles. The van der Waals surface area contributed by atoms with Crippen LogP contribution in [0.2, 0.25) is 0 Å². The van der Waals surface area contributed by atoms with E-state index >= 15 is 0 Å². The number of rotatable bonds is 4. The van der Waals surface area contributed by atoms with E-state index in [0.717, 1.165) is 11.3 Å². The van der Waals surface area contributed by atoms with Gasteiger partial charge in [0.15, 0.2) is 5.82 Å². The molecule has 0 atom stereocenters. The van der Waals surface area contributed by atoms with Crippen molar-refractivity contribution < 1.29 is 9.26 Å². The van der Waals surface area contributed by atoms with Crippen LogP contribution in [-0.2, 0) is 6.42 Å². The summed E-state index contributed by atoms with van der Waals surface area (Å²) >= 11 is 0. The average Bonchev–Trinajstić information content (AvgIpc) is 3.16. The Morgan fingerprint density at radius 2 is 2.24 bits per heavy atom. The predicted molar refractivity (Wildman–Crippen MR) is 72.4 cm³/mol. The number of aromatic amines is 1. The normalized spacial score (nSPS) is 10.3. The molecule has 0 unspecified atom stereocenters. The molecule has 1 aromatic carbocycles. The zero-order chi connectivity index (χ0) is 14.7. The SMILES string of the molecule is COc1ccccc1Cc1noc(-c2cn[nH]c2C#N)n1. The van der Waals surface area contributed by atoms with Gasteiger partial charge >= 0.3 is 0 Å². The van der Waals surface area contributed by atoms with Crippen molar-refractivity contribution in [2.75, 3.05) is 7.11 Å². The molecule has 0 aliphatic carbocycles. The third-order valence-corrected chi connectivity index (χ3v) is 2.99. The summed E-state index contributed by atoms with van der Waals surface area (Å²) in [4.78, 5) is 4.29. The lowest BCUT2D eigenvalue weighted by molar-refractivity contribution is 0.408. The third-order valence-electron chi connectivity index (χ3n) is 2.99.